The fourth-order valence-corrected chi connectivity index (χ4v) is 3.31. The van der Waals surface area contributed by atoms with Crippen LogP contribution in [0.2, 0.25) is 0 Å². The number of carbonyl (C=O) groups excluding carboxylic acids is 1. The standard InChI is InChI=1S/C13H20N2O2S/c1-9-12(18-8-14-9)11(13(16)17-2)15-10-6-4-3-5-7-10/h8,10-11,15H,3-7H2,1-2H3. The summed E-state index contributed by atoms with van der Waals surface area (Å²) >= 11 is 1.52. The minimum absolute atomic E-state index is 0.215. The zero-order valence-corrected chi connectivity index (χ0v) is 11.8. The van der Waals surface area contributed by atoms with Crippen molar-refractivity contribution in [1.29, 1.82) is 0 Å². The summed E-state index contributed by atoms with van der Waals surface area (Å²) in [6, 6.07) is 0.0648. The molecule has 5 heteroatoms. The van der Waals surface area contributed by atoms with Crippen LogP contribution in [0, 0.1) is 6.92 Å². The lowest BCUT2D eigenvalue weighted by molar-refractivity contribution is -0.143. The summed E-state index contributed by atoms with van der Waals surface area (Å²) in [5.74, 6) is -0.215. The summed E-state index contributed by atoms with van der Waals surface area (Å²) in [7, 11) is 1.44. The smallest absolute Gasteiger partial charge is 0.328 e. The van der Waals surface area contributed by atoms with Gasteiger partial charge in [0.15, 0.2) is 0 Å². The summed E-state index contributed by atoms with van der Waals surface area (Å²) in [4.78, 5) is 17.1. The molecule has 1 unspecified atom stereocenters. The maximum atomic E-state index is 11.9. The van der Waals surface area contributed by atoms with Gasteiger partial charge in [-0.05, 0) is 19.8 Å². The molecule has 18 heavy (non-hydrogen) atoms. The first-order chi connectivity index (χ1) is 8.72. The van der Waals surface area contributed by atoms with E-state index < -0.39 is 0 Å². The first-order valence-corrected chi connectivity index (χ1v) is 7.34. The number of rotatable bonds is 4. The first kappa shape index (κ1) is 13.5. The molecular formula is C13H20N2O2S. The van der Waals surface area contributed by atoms with Crippen LogP contribution in [-0.2, 0) is 9.53 Å². The van der Waals surface area contributed by atoms with Gasteiger partial charge in [-0.1, -0.05) is 19.3 Å². The third-order valence-corrected chi connectivity index (χ3v) is 4.49. The average molecular weight is 268 g/mol. The van der Waals surface area contributed by atoms with E-state index in [0.29, 0.717) is 6.04 Å². The second kappa shape index (κ2) is 6.29. The van der Waals surface area contributed by atoms with Crippen LogP contribution in [0.4, 0.5) is 0 Å². The summed E-state index contributed by atoms with van der Waals surface area (Å²) in [5, 5.41) is 3.45. The number of esters is 1. The molecule has 1 aromatic heterocycles. The summed E-state index contributed by atoms with van der Waals surface area (Å²) in [6.07, 6.45) is 6.08. The number of nitrogens with zero attached hydrogens (tertiary/aromatic N) is 1. The van der Waals surface area contributed by atoms with E-state index in [2.05, 4.69) is 10.3 Å². The predicted octanol–water partition coefficient (Wildman–Crippen LogP) is 2.59. The van der Waals surface area contributed by atoms with E-state index in [9.17, 15) is 4.79 Å². The van der Waals surface area contributed by atoms with E-state index in [1.165, 1.54) is 37.7 Å². The molecule has 1 saturated carbocycles. The van der Waals surface area contributed by atoms with Crippen molar-refractivity contribution >= 4 is 17.3 Å². The van der Waals surface area contributed by atoms with E-state index in [1.807, 2.05) is 6.92 Å². The minimum atomic E-state index is -0.356. The number of thiazole rings is 1. The SMILES string of the molecule is COC(=O)C(NC1CCCCC1)c1scnc1C. The van der Waals surface area contributed by atoms with Gasteiger partial charge < -0.3 is 4.74 Å². The van der Waals surface area contributed by atoms with E-state index >= 15 is 0 Å². The molecule has 1 N–H and O–H groups in total. The first-order valence-electron chi connectivity index (χ1n) is 6.46. The summed E-state index contributed by atoms with van der Waals surface area (Å²) in [6.45, 7) is 1.93. The normalized spacial score (nSPS) is 18.6. The van der Waals surface area contributed by atoms with Gasteiger partial charge in [-0.3, -0.25) is 5.32 Å². The molecule has 100 valence electrons. The van der Waals surface area contributed by atoms with Crippen molar-refractivity contribution in [3.05, 3.63) is 16.1 Å². The van der Waals surface area contributed by atoms with Gasteiger partial charge in [0.2, 0.25) is 0 Å². The van der Waals surface area contributed by atoms with E-state index in [1.54, 1.807) is 5.51 Å². The Morgan fingerprint density at radius 1 is 1.50 bits per heavy atom. The quantitative estimate of drug-likeness (QED) is 0.853. The second-order valence-electron chi connectivity index (χ2n) is 4.76. The molecule has 1 aliphatic rings. The van der Waals surface area contributed by atoms with Crippen molar-refractivity contribution in [3.8, 4) is 0 Å². The van der Waals surface area contributed by atoms with Gasteiger partial charge in [-0.2, -0.15) is 0 Å². The lowest BCUT2D eigenvalue weighted by atomic mass is 9.94. The summed E-state index contributed by atoms with van der Waals surface area (Å²) in [5.41, 5.74) is 2.70. The van der Waals surface area contributed by atoms with Crippen molar-refractivity contribution in [3.63, 3.8) is 0 Å². The summed E-state index contributed by atoms with van der Waals surface area (Å²) < 4.78 is 4.91. The fraction of sp³-hybridized carbons (Fsp3) is 0.692. The Morgan fingerprint density at radius 2 is 2.22 bits per heavy atom. The lowest BCUT2D eigenvalue weighted by Gasteiger charge is -2.26. The molecule has 1 fully saturated rings. The van der Waals surface area contributed by atoms with E-state index in [0.717, 1.165) is 23.4 Å². The van der Waals surface area contributed by atoms with E-state index in [4.69, 9.17) is 4.74 Å². The highest BCUT2D eigenvalue weighted by molar-refractivity contribution is 7.10. The second-order valence-corrected chi connectivity index (χ2v) is 5.65. The molecule has 0 aliphatic heterocycles. The van der Waals surface area contributed by atoms with E-state index in [-0.39, 0.29) is 12.0 Å². The Kier molecular flexibility index (Phi) is 4.72. The highest BCUT2D eigenvalue weighted by atomic mass is 32.1. The van der Waals surface area contributed by atoms with Crippen molar-refractivity contribution in [2.45, 2.75) is 51.1 Å². The van der Waals surface area contributed by atoms with Gasteiger partial charge in [0, 0.05) is 6.04 Å². The van der Waals surface area contributed by atoms with Crippen molar-refractivity contribution in [2.24, 2.45) is 0 Å². The van der Waals surface area contributed by atoms with Crippen LogP contribution in [0.25, 0.3) is 0 Å². The van der Waals surface area contributed by atoms with Gasteiger partial charge in [0.25, 0.3) is 0 Å². The molecule has 1 aromatic rings. The maximum absolute atomic E-state index is 11.9. The Morgan fingerprint density at radius 3 is 2.78 bits per heavy atom. The molecule has 1 atom stereocenters. The average Bonchev–Trinajstić information content (AvgIpc) is 2.82. The zero-order valence-electron chi connectivity index (χ0n) is 10.9. The Balaban J connectivity index is 2.10. The maximum Gasteiger partial charge on any atom is 0.328 e. The third kappa shape index (κ3) is 3.09. The van der Waals surface area contributed by atoms with Crippen LogP contribution in [-0.4, -0.2) is 24.1 Å². The number of methoxy groups -OCH3 is 1. The fourth-order valence-electron chi connectivity index (χ4n) is 2.46. The van der Waals surface area contributed by atoms with Crippen LogP contribution in [0.1, 0.15) is 48.7 Å². The lowest BCUT2D eigenvalue weighted by Crippen LogP contribution is -2.38. The number of aromatic nitrogens is 1. The van der Waals surface area contributed by atoms with Crippen molar-refractivity contribution in [1.82, 2.24) is 10.3 Å². The molecule has 1 aliphatic carbocycles. The molecule has 0 bridgehead atoms. The number of carbonyl (C=O) groups is 1. The molecule has 0 spiro atoms. The van der Waals surface area contributed by atoms with Crippen LogP contribution in [0.5, 0.6) is 0 Å². The topological polar surface area (TPSA) is 51.2 Å². The molecule has 1 heterocycles. The van der Waals surface area contributed by atoms with Gasteiger partial charge in [-0.15, -0.1) is 11.3 Å². The minimum Gasteiger partial charge on any atom is -0.468 e. The molecule has 0 aromatic carbocycles. The molecule has 0 radical (unpaired) electrons. The number of nitrogens with one attached hydrogen (secondary N) is 1. The molecule has 0 saturated heterocycles. The van der Waals surface area contributed by atoms with Crippen LogP contribution in [0.3, 0.4) is 0 Å². The number of hydrogen-bond donors (Lipinski definition) is 1. The number of aryl methyl sites for hydroxylation is 1. The highest BCUT2D eigenvalue weighted by Gasteiger charge is 2.28. The van der Waals surface area contributed by atoms with Crippen molar-refractivity contribution in [2.75, 3.05) is 7.11 Å². The van der Waals surface area contributed by atoms with Crippen LogP contribution in [0.15, 0.2) is 5.51 Å². The number of hydrogen-bond acceptors (Lipinski definition) is 5. The van der Waals surface area contributed by atoms with Crippen LogP contribution < -0.4 is 5.32 Å². The predicted molar refractivity (Wildman–Crippen MR) is 71.6 cm³/mol. The Bertz CT molecular complexity index is 399. The third-order valence-electron chi connectivity index (χ3n) is 3.49. The Hall–Kier alpha value is -0.940. The van der Waals surface area contributed by atoms with Gasteiger partial charge in [0.1, 0.15) is 6.04 Å². The molecule has 4 nitrogen and oxygen atoms in total. The zero-order chi connectivity index (χ0) is 13.0. The van der Waals surface area contributed by atoms with Crippen LogP contribution >= 0.6 is 11.3 Å². The van der Waals surface area contributed by atoms with Crippen molar-refractivity contribution < 1.29 is 9.53 Å². The van der Waals surface area contributed by atoms with Gasteiger partial charge >= 0.3 is 5.97 Å². The monoisotopic (exact) mass is 268 g/mol. The largest absolute Gasteiger partial charge is 0.468 e. The van der Waals surface area contributed by atoms with Gasteiger partial charge in [-0.25, -0.2) is 9.78 Å². The molecule has 0 amide bonds. The molecular weight excluding hydrogens is 248 g/mol. The number of ether oxygens (including phenoxy) is 1. The highest BCUT2D eigenvalue weighted by Crippen LogP contribution is 2.26. The molecule has 2 rings (SSSR count). The Labute approximate surface area is 112 Å². The van der Waals surface area contributed by atoms with Gasteiger partial charge in [0.05, 0.1) is 23.2 Å².